The molecule has 1 N–H and O–H groups in total. The Labute approximate surface area is 142 Å². The molecule has 6 heteroatoms. The number of benzene rings is 1. The first-order chi connectivity index (χ1) is 11.3. The highest BCUT2D eigenvalue weighted by Gasteiger charge is 2.17. The van der Waals surface area contributed by atoms with Gasteiger partial charge in [-0.05, 0) is 24.3 Å². The van der Waals surface area contributed by atoms with E-state index in [2.05, 4.69) is 44.6 Å². The van der Waals surface area contributed by atoms with Gasteiger partial charge >= 0.3 is 0 Å². The van der Waals surface area contributed by atoms with Gasteiger partial charge < -0.3 is 4.90 Å². The number of nitrogens with one attached hydrogen (secondary N) is 1. The third-order valence-corrected chi connectivity index (χ3v) is 5.32. The second-order valence-electron chi connectivity index (χ2n) is 5.93. The highest BCUT2D eigenvalue weighted by atomic mass is 32.2. The summed E-state index contributed by atoms with van der Waals surface area (Å²) in [5, 5.41) is 4.21. The van der Waals surface area contributed by atoms with E-state index in [0.29, 0.717) is 6.42 Å². The first-order valence-corrected chi connectivity index (χ1v) is 9.41. The van der Waals surface area contributed by atoms with Crippen molar-refractivity contribution in [3.05, 3.63) is 30.3 Å². The van der Waals surface area contributed by atoms with Gasteiger partial charge in [0.25, 0.3) is 0 Å². The van der Waals surface area contributed by atoms with Gasteiger partial charge in [-0.2, -0.15) is 16.9 Å². The van der Waals surface area contributed by atoms with Gasteiger partial charge in [0.1, 0.15) is 0 Å². The van der Waals surface area contributed by atoms with Gasteiger partial charge in [-0.15, -0.1) is 0 Å². The summed E-state index contributed by atoms with van der Waals surface area (Å²) >= 11 is 1.87. The van der Waals surface area contributed by atoms with Crippen LogP contribution in [0, 0.1) is 0 Å². The zero-order chi connectivity index (χ0) is 15.9. The van der Waals surface area contributed by atoms with Crippen molar-refractivity contribution in [3.8, 4) is 0 Å². The number of hydrogen-bond donors (Lipinski definition) is 1. The number of nitrogens with zero attached hydrogens (tertiary/aromatic N) is 3. The van der Waals surface area contributed by atoms with Crippen LogP contribution in [-0.4, -0.2) is 60.7 Å². The molecule has 0 radical (unpaired) electrons. The minimum Gasteiger partial charge on any atom is -0.369 e. The van der Waals surface area contributed by atoms with Gasteiger partial charge in [0.15, 0.2) is 0 Å². The molecule has 2 aliphatic heterocycles. The van der Waals surface area contributed by atoms with Crippen molar-refractivity contribution in [1.82, 2.24) is 10.3 Å². The van der Waals surface area contributed by atoms with E-state index in [0.717, 1.165) is 56.4 Å². The second-order valence-corrected chi connectivity index (χ2v) is 7.04. The predicted octanol–water partition coefficient (Wildman–Crippen LogP) is 1.81. The van der Waals surface area contributed by atoms with Crippen LogP contribution >= 0.6 is 11.8 Å². The van der Waals surface area contributed by atoms with Gasteiger partial charge in [-0.3, -0.25) is 9.69 Å². The first kappa shape index (κ1) is 16.3. The molecular formula is C17H24N4OS. The van der Waals surface area contributed by atoms with Crippen molar-refractivity contribution in [1.29, 1.82) is 0 Å². The Morgan fingerprint density at radius 3 is 2.65 bits per heavy atom. The summed E-state index contributed by atoms with van der Waals surface area (Å²) < 4.78 is 0. The van der Waals surface area contributed by atoms with Crippen LogP contribution in [0.3, 0.4) is 0 Å². The zero-order valence-electron chi connectivity index (χ0n) is 13.4. The molecular weight excluding hydrogens is 308 g/mol. The minimum atomic E-state index is 0.0277. The number of rotatable bonds is 5. The monoisotopic (exact) mass is 332 g/mol. The Balaban J connectivity index is 1.36. The fourth-order valence-corrected chi connectivity index (χ4v) is 3.83. The number of thioether (sulfide) groups is 1. The molecule has 0 spiro atoms. The van der Waals surface area contributed by atoms with Crippen LogP contribution in [0.1, 0.15) is 12.8 Å². The van der Waals surface area contributed by atoms with Crippen molar-refractivity contribution in [2.24, 2.45) is 5.10 Å². The fraction of sp³-hybridized carbons (Fsp3) is 0.529. The third-order valence-electron chi connectivity index (χ3n) is 4.29. The SMILES string of the molecule is O=C(CCN1CCN(c2ccccc2)CC1)N/N=C1\CCSC1. The lowest BCUT2D eigenvalue weighted by molar-refractivity contribution is -0.121. The van der Waals surface area contributed by atoms with E-state index in [-0.39, 0.29) is 5.91 Å². The van der Waals surface area contributed by atoms with E-state index in [1.54, 1.807) is 0 Å². The van der Waals surface area contributed by atoms with Gasteiger partial charge in [-0.1, -0.05) is 18.2 Å². The molecule has 0 aromatic heterocycles. The molecule has 2 aliphatic rings. The Bertz CT molecular complexity index is 533. The smallest absolute Gasteiger partial charge is 0.241 e. The molecule has 124 valence electrons. The number of anilines is 1. The molecule has 2 heterocycles. The molecule has 0 atom stereocenters. The maximum atomic E-state index is 11.9. The topological polar surface area (TPSA) is 47.9 Å². The van der Waals surface area contributed by atoms with Crippen molar-refractivity contribution >= 4 is 29.1 Å². The Morgan fingerprint density at radius 2 is 1.96 bits per heavy atom. The fourth-order valence-electron chi connectivity index (χ4n) is 2.87. The number of carbonyl (C=O) groups is 1. The van der Waals surface area contributed by atoms with Crippen molar-refractivity contribution in [2.45, 2.75) is 12.8 Å². The number of hydrazone groups is 1. The molecule has 1 aromatic rings. The quantitative estimate of drug-likeness (QED) is 0.836. The maximum Gasteiger partial charge on any atom is 0.241 e. The summed E-state index contributed by atoms with van der Waals surface area (Å²) in [6.07, 6.45) is 1.53. The minimum absolute atomic E-state index is 0.0277. The first-order valence-electron chi connectivity index (χ1n) is 8.25. The van der Waals surface area contributed by atoms with E-state index in [1.165, 1.54) is 5.69 Å². The molecule has 1 aromatic carbocycles. The van der Waals surface area contributed by atoms with Crippen LogP contribution in [0.2, 0.25) is 0 Å². The summed E-state index contributed by atoms with van der Waals surface area (Å²) in [6, 6.07) is 10.5. The number of para-hydroxylation sites is 1. The average molecular weight is 332 g/mol. The van der Waals surface area contributed by atoms with E-state index < -0.39 is 0 Å². The van der Waals surface area contributed by atoms with Crippen LogP contribution in [0.4, 0.5) is 5.69 Å². The zero-order valence-corrected chi connectivity index (χ0v) is 14.2. The van der Waals surface area contributed by atoms with Gasteiger partial charge in [-0.25, -0.2) is 5.43 Å². The number of amides is 1. The molecule has 0 saturated carbocycles. The summed E-state index contributed by atoms with van der Waals surface area (Å²) in [5.41, 5.74) is 5.10. The third kappa shape index (κ3) is 4.97. The van der Waals surface area contributed by atoms with Crippen LogP contribution in [0.25, 0.3) is 0 Å². The van der Waals surface area contributed by atoms with Crippen LogP contribution in [-0.2, 0) is 4.79 Å². The van der Waals surface area contributed by atoms with Gasteiger partial charge in [0.2, 0.25) is 5.91 Å². The van der Waals surface area contributed by atoms with Crippen LogP contribution in [0.15, 0.2) is 35.4 Å². The summed E-state index contributed by atoms with van der Waals surface area (Å²) in [7, 11) is 0. The molecule has 5 nitrogen and oxygen atoms in total. The average Bonchev–Trinajstić information content (AvgIpc) is 3.13. The highest BCUT2D eigenvalue weighted by molar-refractivity contribution is 8.00. The Morgan fingerprint density at radius 1 is 1.17 bits per heavy atom. The number of piperazine rings is 1. The second kappa shape index (κ2) is 8.36. The molecule has 3 rings (SSSR count). The molecule has 0 unspecified atom stereocenters. The molecule has 2 saturated heterocycles. The standard InChI is InChI=1S/C17H24N4OS/c22-17(19-18-15-7-13-23-14-15)6-8-20-9-11-21(12-10-20)16-4-2-1-3-5-16/h1-5H,6-14H2,(H,19,22)/b18-15+. The highest BCUT2D eigenvalue weighted by Crippen LogP contribution is 2.15. The summed E-state index contributed by atoms with van der Waals surface area (Å²) in [4.78, 5) is 16.6. The van der Waals surface area contributed by atoms with Gasteiger partial charge in [0, 0.05) is 56.3 Å². The van der Waals surface area contributed by atoms with E-state index >= 15 is 0 Å². The normalized spacial score (nSPS) is 20.9. The molecule has 1 amide bonds. The van der Waals surface area contributed by atoms with Crippen molar-refractivity contribution in [3.63, 3.8) is 0 Å². The lowest BCUT2D eigenvalue weighted by Crippen LogP contribution is -2.47. The summed E-state index contributed by atoms with van der Waals surface area (Å²) in [6.45, 7) is 4.87. The molecule has 0 aliphatic carbocycles. The van der Waals surface area contributed by atoms with Gasteiger partial charge in [0.05, 0.1) is 0 Å². The lowest BCUT2D eigenvalue weighted by Gasteiger charge is -2.36. The Hall–Kier alpha value is -1.53. The maximum absolute atomic E-state index is 11.9. The molecule has 0 bridgehead atoms. The number of hydrogen-bond acceptors (Lipinski definition) is 5. The van der Waals surface area contributed by atoms with Crippen molar-refractivity contribution < 1.29 is 4.79 Å². The van der Waals surface area contributed by atoms with Crippen LogP contribution < -0.4 is 10.3 Å². The summed E-state index contributed by atoms with van der Waals surface area (Å²) in [5.74, 6) is 2.11. The largest absolute Gasteiger partial charge is 0.369 e. The van der Waals surface area contributed by atoms with Crippen LogP contribution in [0.5, 0.6) is 0 Å². The lowest BCUT2D eigenvalue weighted by atomic mass is 10.2. The van der Waals surface area contributed by atoms with Crippen molar-refractivity contribution in [2.75, 3.05) is 49.1 Å². The van der Waals surface area contributed by atoms with E-state index in [4.69, 9.17) is 0 Å². The van der Waals surface area contributed by atoms with E-state index in [9.17, 15) is 4.79 Å². The number of carbonyl (C=O) groups excluding carboxylic acids is 1. The molecule has 23 heavy (non-hydrogen) atoms. The predicted molar refractivity (Wildman–Crippen MR) is 97.2 cm³/mol. The molecule has 2 fully saturated rings. The Kier molecular flexibility index (Phi) is 5.93. The van der Waals surface area contributed by atoms with E-state index in [1.807, 2.05) is 17.8 Å².